The molecule has 14 heavy (non-hydrogen) atoms. The summed E-state index contributed by atoms with van der Waals surface area (Å²) >= 11 is 0. The average molecular weight is 200 g/mol. The van der Waals surface area contributed by atoms with Gasteiger partial charge in [0.15, 0.2) is 0 Å². The van der Waals surface area contributed by atoms with Gasteiger partial charge in [-0.1, -0.05) is 13.5 Å². The molecule has 5 heteroatoms. The highest BCUT2D eigenvalue weighted by Gasteiger charge is 2.04. The number of carbonyl (C=O) groups is 2. The highest BCUT2D eigenvalue weighted by Crippen LogP contribution is 1.85. The van der Waals surface area contributed by atoms with Crippen LogP contribution in [-0.4, -0.2) is 36.6 Å². The second-order valence-corrected chi connectivity index (χ2v) is 2.86. The number of hydrogen-bond donors (Lipinski definition) is 3. The first-order valence-electron chi connectivity index (χ1n) is 4.46. The molecule has 0 spiro atoms. The van der Waals surface area contributed by atoms with Crippen LogP contribution in [-0.2, 0) is 9.59 Å². The Balaban J connectivity index is 3.49. The Morgan fingerprint density at radius 1 is 1.36 bits per heavy atom. The fraction of sp³-hybridized carbons (Fsp3) is 0.556. The van der Waals surface area contributed by atoms with Gasteiger partial charge >= 0.3 is 5.97 Å². The summed E-state index contributed by atoms with van der Waals surface area (Å²) < 4.78 is 0. The van der Waals surface area contributed by atoms with Crippen molar-refractivity contribution in [1.29, 1.82) is 0 Å². The third-order valence-electron chi connectivity index (χ3n) is 1.50. The number of nitrogens with one attached hydrogen (secondary N) is 2. The Labute approximate surface area is 83.2 Å². The van der Waals surface area contributed by atoms with Crippen LogP contribution in [0.2, 0.25) is 0 Å². The van der Waals surface area contributed by atoms with E-state index in [-0.39, 0.29) is 24.6 Å². The maximum Gasteiger partial charge on any atom is 0.332 e. The Morgan fingerprint density at radius 2 is 2.00 bits per heavy atom. The summed E-state index contributed by atoms with van der Waals surface area (Å²) in [6.07, 6.45) is 0.883. The highest BCUT2D eigenvalue weighted by atomic mass is 16.4. The minimum atomic E-state index is -1.05. The molecule has 0 saturated carbocycles. The summed E-state index contributed by atoms with van der Waals surface area (Å²) in [5, 5.41) is 13.8. The molecule has 0 rings (SSSR count). The maximum absolute atomic E-state index is 11.0. The van der Waals surface area contributed by atoms with Gasteiger partial charge in [-0.2, -0.15) is 0 Å². The van der Waals surface area contributed by atoms with Crippen molar-refractivity contribution < 1.29 is 14.7 Å². The lowest BCUT2D eigenvalue weighted by Crippen LogP contribution is -2.35. The smallest absolute Gasteiger partial charge is 0.332 e. The lowest BCUT2D eigenvalue weighted by Gasteiger charge is -2.05. The first-order chi connectivity index (χ1) is 6.57. The quantitative estimate of drug-likeness (QED) is 0.495. The van der Waals surface area contributed by atoms with Gasteiger partial charge in [-0.3, -0.25) is 4.79 Å². The van der Waals surface area contributed by atoms with Crippen molar-refractivity contribution in [2.45, 2.75) is 13.3 Å². The second-order valence-electron chi connectivity index (χ2n) is 2.86. The van der Waals surface area contributed by atoms with E-state index in [0.717, 1.165) is 6.42 Å². The molecule has 0 atom stereocenters. The van der Waals surface area contributed by atoms with E-state index in [0.29, 0.717) is 6.54 Å². The van der Waals surface area contributed by atoms with Crippen LogP contribution in [0.15, 0.2) is 12.2 Å². The van der Waals surface area contributed by atoms with E-state index in [4.69, 9.17) is 5.11 Å². The molecule has 0 aromatic carbocycles. The lowest BCUT2D eigenvalue weighted by molar-refractivity contribution is -0.132. The standard InChI is InChI=1S/C9H16N2O3/c1-3-4-11-8(12)6-10-5-7(2)9(13)14/h10H,2-6H2,1H3,(H,11,12)(H,13,14). The molecule has 0 aliphatic carbocycles. The summed E-state index contributed by atoms with van der Waals surface area (Å²) in [7, 11) is 0. The topological polar surface area (TPSA) is 78.4 Å². The molecule has 0 fully saturated rings. The third kappa shape index (κ3) is 6.19. The van der Waals surface area contributed by atoms with Gasteiger partial charge < -0.3 is 15.7 Å². The molecule has 0 heterocycles. The molecule has 80 valence electrons. The van der Waals surface area contributed by atoms with Gasteiger partial charge in [0.25, 0.3) is 0 Å². The molecule has 0 aliphatic rings. The molecule has 5 nitrogen and oxygen atoms in total. The third-order valence-corrected chi connectivity index (χ3v) is 1.50. The van der Waals surface area contributed by atoms with Gasteiger partial charge in [-0.05, 0) is 6.42 Å². The first-order valence-corrected chi connectivity index (χ1v) is 4.46. The van der Waals surface area contributed by atoms with Crippen molar-refractivity contribution in [3.05, 3.63) is 12.2 Å². The Hall–Kier alpha value is -1.36. The Kier molecular flexibility index (Phi) is 6.39. The zero-order valence-electron chi connectivity index (χ0n) is 8.30. The van der Waals surface area contributed by atoms with Gasteiger partial charge in [0.1, 0.15) is 0 Å². The summed E-state index contributed by atoms with van der Waals surface area (Å²) in [4.78, 5) is 21.3. The largest absolute Gasteiger partial charge is 0.478 e. The van der Waals surface area contributed by atoms with Crippen LogP contribution in [0.4, 0.5) is 0 Å². The van der Waals surface area contributed by atoms with Crippen LogP contribution in [0.25, 0.3) is 0 Å². The van der Waals surface area contributed by atoms with E-state index < -0.39 is 5.97 Å². The fourth-order valence-electron chi connectivity index (χ4n) is 0.729. The molecule has 0 aromatic rings. The van der Waals surface area contributed by atoms with Crippen LogP contribution in [0.3, 0.4) is 0 Å². The van der Waals surface area contributed by atoms with Crippen molar-refractivity contribution in [3.63, 3.8) is 0 Å². The number of aliphatic carboxylic acids is 1. The van der Waals surface area contributed by atoms with Crippen molar-refractivity contribution in [3.8, 4) is 0 Å². The molecule has 0 unspecified atom stereocenters. The van der Waals surface area contributed by atoms with E-state index in [1.807, 2.05) is 6.92 Å². The predicted octanol–water partition coefficient (Wildman–Crippen LogP) is -0.257. The fourth-order valence-corrected chi connectivity index (χ4v) is 0.729. The van der Waals surface area contributed by atoms with E-state index in [1.165, 1.54) is 0 Å². The summed E-state index contributed by atoms with van der Waals surface area (Å²) in [5.74, 6) is -1.18. The normalized spacial score (nSPS) is 9.50. The van der Waals surface area contributed by atoms with Crippen molar-refractivity contribution in [2.24, 2.45) is 0 Å². The van der Waals surface area contributed by atoms with Crippen LogP contribution in [0, 0.1) is 0 Å². The molecule has 3 N–H and O–H groups in total. The summed E-state index contributed by atoms with van der Waals surface area (Å²) in [5.41, 5.74) is 0.0493. The molecular formula is C9H16N2O3. The molecule has 0 saturated heterocycles. The first kappa shape index (κ1) is 12.6. The van der Waals surface area contributed by atoms with Crippen LogP contribution in [0.5, 0.6) is 0 Å². The van der Waals surface area contributed by atoms with Crippen molar-refractivity contribution in [1.82, 2.24) is 10.6 Å². The Bertz CT molecular complexity index is 226. The number of carbonyl (C=O) groups excluding carboxylic acids is 1. The van der Waals surface area contributed by atoms with Gasteiger partial charge in [-0.25, -0.2) is 4.79 Å². The van der Waals surface area contributed by atoms with Gasteiger partial charge in [-0.15, -0.1) is 0 Å². The maximum atomic E-state index is 11.0. The number of carboxylic acids is 1. The number of amides is 1. The molecule has 0 aliphatic heterocycles. The number of rotatable bonds is 7. The monoisotopic (exact) mass is 200 g/mol. The summed E-state index contributed by atoms with van der Waals surface area (Å²) in [6.45, 7) is 6.15. The van der Waals surface area contributed by atoms with Gasteiger partial charge in [0.2, 0.25) is 5.91 Å². The van der Waals surface area contributed by atoms with Crippen LogP contribution >= 0.6 is 0 Å². The van der Waals surface area contributed by atoms with Crippen LogP contribution < -0.4 is 10.6 Å². The number of carboxylic acid groups (broad SMARTS) is 1. The van der Waals surface area contributed by atoms with E-state index in [1.54, 1.807) is 0 Å². The highest BCUT2D eigenvalue weighted by molar-refractivity contribution is 5.86. The van der Waals surface area contributed by atoms with E-state index >= 15 is 0 Å². The minimum Gasteiger partial charge on any atom is -0.478 e. The van der Waals surface area contributed by atoms with Gasteiger partial charge in [0.05, 0.1) is 6.54 Å². The zero-order valence-corrected chi connectivity index (χ0v) is 8.30. The average Bonchev–Trinajstić information content (AvgIpc) is 2.14. The van der Waals surface area contributed by atoms with Crippen LogP contribution in [0.1, 0.15) is 13.3 Å². The molecule has 0 bridgehead atoms. The molecule has 0 radical (unpaired) electrons. The lowest BCUT2D eigenvalue weighted by atomic mass is 10.3. The minimum absolute atomic E-state index is 0.0493. The molecule has 0 aromatic heterocycles. The van der Waals surface area contributed by atoms with E-state index in [9.17, 15) is 9.59 Å². The predicted molar refractivity (Wildman–Crippen MR) is 52.9 cm³/mol. The van der Waals surface area contributed by atoms with Crippen molar-refractivity contribution in [2.75, 3.05) is 19.6 Å². The second kappa shape index (κ2) is 7.08. The number of hydrogen-bond acceptors (Lipinski definition) is 3. The molecule has 1 amide bonds. The zero-order chi connectivity index (χ0) is 11.0. The summed E-state index contributed by atoms with van der Waals surface area (Å²) in [6, 6.07) is 0. The van der Waals surface area contributed by atoms with Crippen molar-refractivity contribution >= 4 is 11.9 Å². The SMILES string of the molecule is C=C(CNCC(=O)NCCC)C(=O)O. The van der Waals surface area contributed by atoms with Gasteiger partial charge in [0, 0.05) is 18.7 Å². The Morgan fingerprint density at radius 3 is 2.50 bits per heavy atom. The van der Waals surface area contributed by atoms with E-state index in [2.05, 4.69) is 17.2 Å². The molecular weight excluding hydrogens is 184 g/mol.